The van der Waals surface area contributed by atoms with E-state index >= 15 is 0 Å². The van der Waals surface area contributed by atoms with Gasteiger partial charge in [0.1, 0.15) is 5.01 Å². The van der Waals surface area contributed by atoms with Crippen molar-refractivity contribution in [1.29, 1.82) is 0 Å². The molecule has 0 aliphatic heterocycles. The van der Waals surface area contributed by atoms with Gasteiger partial charge < -0.3 is 10.0 Å². The SMILES string of the molecule is CCC(c1ccccc1)c1nnc(NC(=O)N(CCO)C2CC2)s1. The summed E-state index contributed by atoms with van der Waals surface area (Å²) in [5.41, 5.74) is 1.20. The molecule has 1 fully saturated rings. The number of urea groups is 1. The van der Waals surface area contributed by atoms with Crippen molar-refractivity contribution in [3.05, 3.63) is 40.9 Å². The average molecular weight is 346 g/mol. The number of nitrogens with zero attached hydrogens (tertiary/aromatic N) is 3. The number of aliphatic hydroxyl groups is 1. The van der Waals surface area contributed by atoms with E-state index in [1.54, 1.807) is 4.90 Å². The first-order valence-electron chi connectivity index (χ1n) is 8.29. The summed E-state index contributed by atoms with van der Waals surface area (Å²) in [5, 5.41) is 21.7. The highest BCUT2D eigenvalue weighted by Gasteiger charge is 2.32. The molecule has 0 saturated heterocycles. The number of benzene rings is 1. The summed E-state index contributed by atoms with van der Waals surface area (Å²) in [7, 11) is 0. The second-order valence-corrected chi connectivity index (χ2v) is 6.90. The number of amides is 2. The van der Waals surface area contributed by atoms with Gasteiger partial charge in [-0.2, -0.15) is 0 Å². The van der Waals surface area contributed by atoms with Gasteiger partial charge in [-0.1, -0.05) is 48.6 Å². The van der Waals surface area contributed by atoms with Gasteiger partial charge in [0.05, 0.1) is 6.61 Å². The molecule has 7 heteroatoms. The standard InChI is InChI=1S/C17H22N4O2S/c1-2-14(12-6-4-3-5-7-12)15-19-20-16(24-15)18-17(23)21(10-11-22)13-8-9-13/h3-7,13-14,22H,2,8-11H2,1H3,(H,18,20,23). The summed E-state index contributed by atoms with van der Waals surface area (Å²) in [6, 6.07) is 10.2. The van der Waals surface area contributed by atoms with Gasteiger partial charge in [-0.15, -0.1) is 10.2 Å². The molecule has 1 atom stereocenters. The van der Waals surface area contributed by atoms with Gasteiger partial charge in [-0.3, -0.25) is 5.32 Å². The molecule has 1 saturated carbocycles. The predicted octanol–water partition coefficient (Wildman–Crippen LogP) is 3.07. The molecule has 6 nitrogen and oxygen atoms in total. The van der Waals surface area contributed by atoms with Crippen LogP contribution in [-0.2, 0) is 0 Å². The molecule has 2 aromatic rings. The Kier molecular flexibility index (Phi) is 5.42. The molecule has 0 spiro atoms. The number of anilines is 1. The number of aliphatic hydroxyl groups excluding tert-OH is 1. The monoisotopic (exact) mass is 346 g/mol. The van der Waals surface area contributed by atoms with E-state index in [9.17, 15) is 4.79 Å². The number of aromatic nitrogens is 2. The maximum Gasteiger partial charge on any atom is 0.324 e. The average Bonchev–Trinajstić information content (AvgIpc) is 3.34. The predicted molar refractivity (Wildman–Crippen MR) is 94.3 cm³/mol. The first-order valence-corrected chi connectivity index (χ1v) is 9.11. The number of nitrogens with one attached hydrogen (secondary N) is 1. The third kappa shape index (κ3) is 3.91. The second kappa shape index (κ2) is 7.72. The fourth-order valence-electron chi connectivity index (χ4n) is 2.77. The van der Waals surface area contributed by atoms with Crippen LogP contribution in [0.5, 0.6) is 0 Å². The normalized spacial score (nSPS) is 15.1. The number of carbonyl (C=O) groups excluding carboxylic acids is 1. The van der Waals surface area contributed by atoms with Gasteiger partial charge in [0.2, 0.25) is 5.13 Å². The van der Waals surface area contributed by atoms with Crippen LogP contribution < -0.4 is 5.32 Å². The maximum absolute atomic E-state index is 12.3. The van der Waals surface area contributed by atoms with E-state index < -0.39 is 0 Å². The Balaban J connectivity index is 1.69. The molecule has 2 N–H and O–H groups in total. The van der Waals surface area contributed by atoms with Crippen LogP contribution in [0.1, 0.15) is 42.7 Å². The molecule has 1 aromatic heterocycles. The zero-order valence-corrected chi connectivity index (χ0v) is 14.5. The summed E-state index contributed by atoms with van der Waals surface area (Å²) in [4.78, 5) is 14.0. The number of carbonyl (C=O) groups is 1. The summed E-state index contributed by atoms with van der Waals surface area (Å²) in [6.07, 6.45) is 2.92. The van der Waals surface area contributed by atoms with Crippen LogP contribution in [0.3, 0.4) is 0 Å². The third-order valence-corrected chi connectivity index (χ3v) is 5.10. The zero-order chi connectivity index (χ0) is 16.9. The third-order valence-electron chi connectivity index (χ3n) is 4.15. The van der Waals surface area contributed by atoms with Gasteiger partial charge in [-0.05, 0) is 24.8 Å². The first-order chi connectivity index (χ1) is 11.7. The van der Waals surface area contributed by atoms with E-state index in [0.717, 1.165) is 24.3 Å². The van der Waals surface area contributed by atoms with E-state index in [1.807, 2.05) is 18.2 Å². The molecule has 1 aliphatic rings. The lowest BCUT2D eigenvalue weighted by atomic mass is 9.97. The molecule has 1 aliphatic carbocycles. The highest BCUT2D eigenvalue weighted by molar-refractivity contribution is 7.15. The molecular formula is C17H22N4O2S. The van der Waals surface area contributed by atoms with Gasteiger partial charge in [0.25, 0.3) is 0 Å². The Hall–Kier alpha value is -1.99. The van der Waals surface area contributed by atoms with Crippen molar-refractivity contribution in [3.8, 4) is 0 Å². The second-order valence-electron chi connectivity index (χ2n) is 5.90. The minimum absolute atomic E-state index is 0.0306. The van der Waals surface area contributed by atoms with Crippen LogP contribution in [0.15, 0.2) is 30.3 Å². The number of hydrogen-bond acceptors (Lipinski definition) is 5. The summed E-state index contributed by atoms with van der Waals surface area (Å²) >= 11 is 1.41. The van der Waals surface area contributed by atoms with E-state index in [4.69, 9.17) is 5.11 Å². The molecule has 1 heterocycles. The quantitative estimate of drug-likeness (QED) is 0.807. The molecule has 24 heavy (non-hydrogen) atoms. The Bertz CT molecular complexity index is 672. The lowest BCUT2D eigenvalue weighted by Crippen LogP contribution is -2.38. The van der Waals surface area contributed by atoms with Crippen LogP contribution in [0.2, 0.25) is 0 Å². The lowest BCUT2D eigenvalue weighted by Gasteiger charge is -2.20. The molecule has 2 amide bonds. The Morgan fingerprint density at radius 3 is 2.75 bits per heavy atom. The van der Waals surface area contributed by atoms with Crippen LogP contribution in [0.4, 0.5) is 9.93 Å². The highest BCUT2D eigenvalue weighted by Crippen LogP contribution is 2.32. The number of hydrogen-bond donors (Lipinski definition) is 2. The summed E-state index contributed by atoms with van der Waals surface area (Å²) in [5.74, 6) is 0.186. The van der Waals surface area contributed by atoms with Crippen molar-refractivity contribution in [2.24, 2.45) is 0 Å². The van der Waals surface area contributed by atoms with Crippen molar-refractivity contribution in [2.75, 3.05) is 18.5 Å². The van der Waals surface area contributed by atoms with Gasteiger partial charge in [0, 0.05) is 18.5 Å². The topological polar surface area (TPSA) is 78.4 Å². The molecular weight excluding hydrogens is 324 g/mol. The van der Waals surface area contributed by atoms with Crippen molar-refractivity contribution >= 4 is 22.5 Å². The van der Waals surface area contributed by atoms with Crippen molar-refractivity contribution < 1.29 is 9.90 Å². The van der Waals surface area contributed by atoms with Crippen molar-refractivity contribution in [1.82, 2.24) is 15.1 Å². The van der Waals surface area contributed by atoms with Gasteiger partial charge >= 0.3 is 6.03 Å². The van der Waals surface area contributed by atoms with Gasteiger partial charge in [0.15, 0.2) is 0 Å². The fourth-order valence-corrected chi connectivity index (χ4v) is 3.72. The van der Waals surface area contributed by atoms with E-state index in [-0.39, 0.29) is 24.6 Å². The van der Waals surface area contributed by atoms with Crippen LogP contribution in [-0.4, -0.2) is 45.4 Å². The smallest absolute Gasteiger partial charge is 0.324 e. The van der Waals surface area contributed by atoms with Crippen molar-refractivity contribution in [3.63, 3.8) is 0 Å². The van der Waals surface area contributed by atoms with E-state index in [1.165, 1.54) is 16.9 Å². The van der Waals surface area contributed by atoms with Crippen molar-refractivity contribution in [2.45, 2.75) is 38.1 Å². The molecule has 1 unspecified atom stereocenters. The molecule has 128 valence electrons. The van der Waals surface area contributed by atoms with E-state index in [0.29, 0.717) is 11.7 Å². The van der Waals surface area contributed by atoms with Crippen LogP contribution >= 0.6 is 11.3 Å². The minimum atomic E-state index is -0.206. The Morgan fingerprint density at radius 2 is 2.12 bits per heavy atom. The maximum atomic E-state index is 12.3. The Labute approximate surface area is 145 Å². The van der Waals surface area contributed by atoms with Gasteiger partial charge in [-0.25, -0.2) is 4.79 Å². The lowest BCUT2D eigenvalue weighted by molar-refractivity contribution is 0.185. The zero-order valence-electron chi connectivity index (χ0n) is 13.7. The first kappa shape index (κ1) is 16.9. The Morgan fingerprint density at radius 1 is 1.38 bits per heavy atom. The van der Waals surface area contributed by atoms with Crippen LogP contribution in [0, 0.1) is 0 Å². The highest BCUT2D eigenvalue weighted by atomic mass is 32.1. The molecule has 0 radical (unpaired) electrons. The summed E-state index contributed by atoms with van der Waals surface area (Å²) < 4.78 is 0. The largest absolute Gasteiger partial charge is 0.395 e. The molecule has 1 aromatic carbocycles. The minimum Gasteiger partial charge on any atom is -0.395 e. The summed E-state index contributed by atoms with van der Waals surface area (Å²) in [6.45, 7) is 2.44. The van der Waals surface area contributed by atoms with Crippen LogP contribution in [0.25, 0.3) is 0 Å². The molecule has 0 bridgehead atoms. The van der Waals surface area contributed by atoms with E-state index in [2.05, 4.69) is 34.6 Å². The fraction of sp³-hybridized carbons (Fsp3) is 0.471. The number of rotatable bonds is 7. The molecule has 3 rings (SSSR count).